The fourth-order valence-electron chi connectivity index (χ4n) is 3.80. The van der Waals surface area contributed by atoms with Crippen molar-refractivity contribution in [2.45, 2.75) is 50.5 Å². The number of piperidine rings is 1. The zero-order valence-electron chi connectivity index (χ0n) is 18.6. The van der Waals surface area contributed by atoms with Gasteiger partial charge in [0.15, 0.2) is 0 Å². The Labute approximate surface area is 190 Å². The molecule has 8 heteroatoms. The summed E-state index contributed by atoms with van der Waals surface area (Å²) in [5, 5.41) is 2.96. The Morgan fingerprint density at radius 3 is 2.38 bits per heavy atom. The number of benzene rings is 2. The number of nitrogens with one attached hydrogen (secondary N) is 2. The van der Waals surface area contributed by atoms with Crippen LogP contribution in [-0.2, 0) is 14.8 Å². The summed E-state index contributed by atoms with van der Waals surface area (Å²) in [6, 6.07) is 14.6. The molecule has 2 aromatic rings. The van der Waals surface area contributed by atoms with Crippen LogP contribution in [0.5, 0.6) is 0 Å². The highest BCUT2D eigenvalue weighted by atomic mass is 32.2. The Hall–Kier alpha value is -2.87. The molecule has 2 atom stereocenters. The van der Waals surface area contributed by atoms with Gasteiger partial charge in [-0.3, -0.25) is 14.3 Å². The van der Waals surface area contributed by atoms with Crippen LogP contribution in [-0.4, -0.2) is 44.3 Å². The smallest absolute Gasteiger partial charge is 0.261 e. The first-order valence-corrected chi connectivity index (χ1v) is 12.6. The number of carbonyl (C=O) groups excluding carboxylic acids is 2. The van der Waals surface area contributed by atoms with Gasteiger partial charge in [0.05, 0.1) is 10.8 Å². The first kappa shape index (κ1) is 23.8. The second-order valence-electron chi connectivity index (χ2n) is 8.22. The maximum atomic E-state index is 13.1. The topological polar surface area (TPSA) is 95.6 Å². The number of para-hydroxylation sites is 1. The Kier molecular flexibility index (Phi) is 7.90. The number of carbonyl (C=O) groups is 2. The number of amides is 2. The van der Waals surface area contributed by atoms with Crippen molar-refractivity contribution in [2.75, 3.05) is 17.8 Å². The van der Waals surface area contributed by atoms with Crippen LogP contribution in [0, 0.1) is 5.92 Å². The van der Waals surface area contributed by atoms with E-state index in [1.807, 2.05) is 6.92 Å². The van der Waals surface area contributed by atoms with Gasteiger partial charge in [-0.15, -0.1) is 0 Å². The first-order valence-electron chi connectivity index (χ1n) is 11.1. The van der Waals surface area contributed by atoms with Crippen LogP contribution >= 0.6 is 0 Å². The number of rotatable bonds is 8. The van der Waals surface area contributed by atoms with E-state index < -0.39 is 10.0 Å². The summed E-state index contributed by atoms with van der Waals surface area (Å²) in [7, 11) is -3.75. The van der Waals surface area contributed by atoms with Gasteiger partial charge in [0.2, 0.25) is 5.91 Å². The summed E-state index contributed by atoms with van der Waals surface area (Å²) >= 11 is 0. The second-order valence-corrected chi connectivity index (χ2v) is 9.90. The van der Waals surface area contributed by atoms with Gasteiger partial charge in [-0.1, -0.05) is 31.5 Å². The van der Waals surface area contributed by atoms with E-state index in [2.05, 4.69) is 17.0 Å². The Morgan fingerprint density at radius 2 is 1.72 bits per heavy atom. The number of sulfonamides is 1. The van der Waals surface area contributed by atoms with Gasteiger partial charge in [-0.25, -0.2) is 8.42 Å². The van der Waals surface area contributed by atoms with Gasteiger partial charge in [0, 0.05) is 30.4 Å². The molecule has 32 heavy (non-hydrogen) atoms. The molecule has 0 radical (unpaired) electrons. The molecular weight excluding hydrogens is 426 g/mol. The average molecular weight is 458 g/mol. The summed E-state index contributed by atoms with van der Waals surface area (Å²) < 4.78 is 27.7. The predicted molar refractivity (Wildman–Crippen MR) is 125 cm³/mol. The van der Waals surface area contributed by atoms with Crippen LogP contribution in [0.1, 0.15) is 49.9 Å². The third kappa shape index (κ3) is 5.88. The normalized spacial score (nSPS) is 18.8. The zero-order chi connectivity index (χ0) is 23.1. The minimum absolute atomic E-state index is 0.00317. The fraction of sp³-hybridized carbons (Fsp3) is 0.417. The lowest BCUT2D eigenvalue weighted by Crippen LogP contribution is -2.49. The lowest BCUT2D eigenvalue weighted by Gasteiger charge is -2.37. The molecule has 2 aromatic carbocycles. The van der Waals surface area contributed by atoms with Crippen LogP contribution < -0.4 is 10.0 Å². The third-order valence-corrected chi connectivity index (χ3v) is 7.18. The van der Waals surface area contributed by atoms with Gasteiger partial charge >= 0.3 is 0 Å². The van der Waals surface area contributed by atoms with E-state index in [0.29, 0.717) is 24.3 Å². The molecule has 0 aliphatic carbocycles. The van der Waals surface area contributed by atoms with Crippen LogP contribution in [0.4, 0.5) is 5.69 Å². The molecule has 0 bridgehead atoms. The molecule has 1 saturated heterocycles. The molecule has 2 unspecified atom stereocenters. The quantitative estimate of drug-likeness (QED) is 0.592. The van der Waals surface area contributed by atoms with Gasteiger partial charge in [0.1, 0.15) is 0 Å². The summed E-state index contributed by atoms with van der Waals surface area (Å²) in [4.78, 5) is 27.4. The van der Waals surface area contributed by atoms with Crippen LogP contribution in [0.25, 0.3) is 0 Å². The number of anilines is 1. The van der Waals surface area contributed by atoms with Crippen molar-refractivity contribution in [1.82, 2.24) is 10.2 Å². The monoisotopic (exact) mass is 457 g/mol. The van der Waals surface area contributed by atoms with E-state index in [1.165, 1.54) is 24.3 Å². The number of unbranched alkanes of at least 4 members (excludes halogenated alkanes) is 1. The van der Waals surface area contributed by atoms with E-state index in [1.54, 1.807) is 35.2 Å². The minimum Gasteiger partial charge on any atom is -0.356 e. The molecule has 2 N–H and O–H groups in total. The maximum Gasteiger partial charge on any atom is 0.261 e. The van der Waals surface area contributed by atoms with Gasteiger partial charge in [-0.05, 0) is 62.6 Å². The standard InChI is InChI=1S/C24H31N3O4S/c1-3-4-16-25-23(28)20-11-10-18(2)27(17-20)24(29)19-12-14-22(15-13-19)32(30,31)26-21-8-6-5-7-9-21/h5-9,12-15,18,20,26H,3-4,10-11,16-17H2,1-2H3,(H,25,28). The molecule has 0 spiro atoms. The Morgan fingerprint density at radius 1 is 1.03 bits per heavy atom. The first-order chi connectivity index (χ1) is 15.3. The van der Waals surface area contributed by atoms with E-state index in [9.17, 15) is 18.0 Å². The summed E-state index contributed by atoms with van der Waals surface area (Å²) in [5.74, 6) is -0.415. The van der Waals surface area contributed by atoms with Crippen molar-refractivity contribution >= 4 is 27.5 Å². The lowest BCUT2D eigenvalue weighted by atomic mass is 9.92. The van der Waals surface area contributed by atoms with Crippen LogP contribution in [0.2, 0.25) is 0 Å². The Bertz CT molecular complexity index is 1020. The molecule has 0 saturated carbocycles. The van der Waals surface area contributed by atoms with Crippen molar-refractivity contribution in [1.29, 1.82) is 0 Å². The van der Waals surface area contributed by atoms with E-state index in [4.69, 9.17) is 0 Å². The maximum absolute atomic E-state index is 13.1. The highest BCUT2D eigenvalue weighted by Gasteiger charge is 2.33. The van der Waals surface area contributed by atoms with E-state index in [0.717, 1.165) is 25.7 Å². The number of nitrogens with zero attached hydrogens (tertiary/aromatic N) is 1. The predicted octanol–water partition coefficient (Wildman–Crippen LogP) is 3.64. The second kappa shape index (κ2) is 10.6. The number of likely N-dealkylation sites (tertiary alicyclic amines) is 1. The van der Waals surface area contributed by atoms with E-state index in [-0.39, 0.29) is 28.7 Å². The minimum atomic E-state index is -3.75. The zero-order valence-corrected chi connectivity index (χ0v) is 19.4. The SMILES string of the molecule is CCCCNC(=O)C1CCC(C)N(C(=O)c2ccc(S(=O)(=O)Nc3ccccc3)cc2)C1. The average Bonchev–Trinajstić information content (AvgIpc) is 2.79. The highest BCUT2D eigenvalue weighted by Crippen LogP contribution is 2.25. The molecule has 1 aliphatic heterocycles. The third-order valence-electron chi connectivity index (χ3n) is 5.78. The van der Waals surface area contributed by atoms with Crippen molar-refractivity contribution in [2.24, 2.45) is 5.92 Å². The van der Waals surface area contributed by atoms with Crippen molar-refractivity contribution < 1.29 is 18.0 Å². The number of hydrogen-bond acceptors (Lipinski definition) is 4. The Balaban J connectivity index is 1.68. The highest BCUT2D eigenvalue weighted by molar-refractivity contribution is 7.92. The van der Waals surface area contributed by atoms with Crippen LogP contribution in [0.15, 0.2) is 59.5 Å². The fourth-order valence-corrected chi connectivity index (χ4v) is 4.86. The molecule has 2 amide bonds. The molecule has 1 heterocycles. The molecule has 172 valence electrons. The van der Waals surface area contributed by atoms with Crippen molar-refractivity contribution in [3.8, 4) is 0 Å². The van der Waals surface area contributed by atoms with E-state index >= 15 is 0 Å². The van der Waals surface area contributed by atoms with Crippen LogP contribution in [0.3, 0.4) is 0 Å². The summed E-state index contributed by atoms with van der Waals surface area (Å²) in [6.45, 7) is 5.07. The van der Waals surface area contributed by atoms with Crippen molar-refractivity contribution in [3.63, 3.8) is 0 Å². The molecule has 7 nitrogen and oxygen atoms in total. The van der Waals surface area contributed by atoms with Gasteiger partial charge in [0.25, 0.3) is 15.9 Å². The molecule has 3 rings (SSSR count). The van der Waals surface area contributed by atoms with Gasteiger partial charge < -0.3 is 10.2 Å². The summed E-state index contributed by atoms with van der Waals surface area (Å²) in [5.41, 5.74) is 0.876. The largest absolute Gasteiger partial charge is 0.356 e. The molecule has 0 aromatic heterocycles. The van der Waals surface area contributed by atoms with Gasteiger partial charge in [-0.2, -0.15) is 0 Å². The summed E-state index contributed by atoms with van der Waals surface area (Å²) in [6.07, 6.45) is 3.46. The van der Waals surface area contributed by atoms with Crippen molar-refractivity contribution in [3.05, 3.63) is 60.2 Å². The molecule has 1 aliphatic rings. The molecular formula is C24H31N3O4S. The lowest BCUT2D eigenvalue weighted by molar-refractivity contribution is -0.126. The number of hydrogen-bond donors (Lipinski definition) is 2. The molecule has 1 fully saturated rings.